The number of carbonyl (C=O) groups is 1. The van der Waals surface area contributed by atoms with Gasteiger partial charge in [0.05, 0.1) is 6.10 Å². The number of aliphatic hydroxyl groups is 1. The number of benzene rings is 1. The Bertz CT molecular complexity index is 401. The first-order valence-electron chi connectivity index (χ1n) is 5.86. The van der Waals surface area contributed by atoms with Gasteiger partial charge in [0.25, 0.3) is 0 Å². The van der Waals surface area contributed by atoms with Crippen molar-refractivity contribution < 1.29 is 14.3 Å². The number of amides is 2. The highest BCUT2D eigenvalue weighted by molar-refractivity contribution is 5.89. The van der Waals surface area contributed by atoms with Gasteiger partial charge in [-0.25, -0.2) is 9.18 Å². The number of aliphatic hydroxyl groups excluding tert-OH is 1. The molecular weight excluding hydrogens is 235 g/mol. The summed E-state index contributed by atoms with van der Waals surface area (Å²) in [5.74, 6) is -0.378. The summed E-state index contributed by atoms with van der Waals surface area (Å²) in [6.45, 7) is 3.87. The minimum absolute atomic E-state index is 0.319. The van der Waals surface area contributed by atoms with Gasteiger partial charge in [-0.05, 0) is 44.0 Å². The maximum atomic E-state index is 13.1. The van der Waals surface area contributed by atoms with Crippen molar-refractivity contribution >= 4 is 11.7 Å². The van der Waals surface area contributed by atoms with Crippen LogP contribution in [0, 0.1) is 12.7 Å². The maximum Gasteiger partial charge on any atom is 0.321 e. The molecule has 0 saturated carbocycles. The van der Waals surface area contributed by atoms with E-state index in [1.54, 1.807) is 27.0 Å². The predicted molar refractivity (Wildman–Crippen MR) is 69.1 cm³/mol. The summed E-state index contributed by atoms with van der Waals surface area (Å²) in [4.78, 5) is 13.2. The second-order valence-electron chi connectivity index (χ2n) is 4.51. The first-order chi connectivity index (χ1) is 8.38. The quantitative estimate of drug-likeness (QED) is 0.866. The summed E-state index contributed by atoms with van der Waals surface area (Å²) in [5, 5.41) is 11.8. The Morgan fingerprint density at radius 1 is 1.50 bits per heavy atom. The van der Waals surface area contributed by atoms with E-state index in [0.717, 1.165) is 5.56 Å². The molecule has 1 atom stereocenters. The van der Waals surface area contributed by atoms with Crippen LogP contribution in [0.4, 0.5) is 14.9 Å². The van der Waals surface area contributed by atoms with Crippen LogP contribution >= 0.6 is 0 Å². The van der Waals surface area contributed by atoms with Crippen molar-refractivity contribution in [1.82, 2.24) is 4.90 Å². The Labute approximate surface area is 106 Å². The predicted octanol–water partition coefficient (Wildman–Crippen LogP) is 2.37. The van der Waals surface area contributed by atoms with E-state index in [4.69, 9.17) is 5.11 Å². The SMILES string of the molecule is Cc1cc(F)cc(NC(=O)N(C)CCC(C)O)c1. The zero-order valence-corrected chi connectivity index (χ0v) is 10.9. The number of anilines is 1. The van der Waals surface area contributed by atoms with Gasteiger partial charge in [-0.15, -0.1) is 0 Å². The van der Waals surface area contributed by atoms with E-state index in [9.17, 15) is 9.18 Å². The summed E-state index contributed by atoms with van der Waals surface area (Å²) >= 11 is 0. The topological polar surface area (TPSA) is 52.6 Å². The number of rotatable bonds is 4. The molecule has 0 fully saturated rings. The molecule has 1 rings (SSSR count). The van der Waals surface area contributed by atoms with E-state index < -0.39 is 6.10 Å². The van der Waals surface area contributed by atoms with Crippen LogP contribution < -0.4 is 5.32 Å². The number of nitrogens with zero attached hydrogens (tertiary/aromatic N) is 1. The molecule has 4 nitrogen and oxygen atoms in total. The van der Waals surface area contributed by atoms with Crippen LogP contribution in [0.3, 0.4) is 0 Å². The molecule has 0 saturated heterocycles. The van der Waals surface area contributed by atoms with E-state index in [-0.39, 0.29) is 11.8 Å². The summed E-state index contributed by atoms with van der Waals surface area (Å²) in [7, 11) is 1.63. The molecule has 0 aromatic heterocycles. The van der Waals surface area contributed by atoms with Crippen molar-refractivity contribution in [2.45, 2.75) is 26.4 Å². The summed E-state index contributed by atoms with van der Waals surface area (Å²) in [5.41, 5.74) is 1.18. The van der Waals surface area contributed by atoms with Gasteiger partial charge >= 0.3 is 6.03 Å². The van der Waals surface area contributed by atoms with Crippen molar-refractivity contribution in [2.24, 2.45) is 0 Å². The molecule has 100 valence electrons. The lowest BCUT2D eigenvalue weighted by molar-refractivity contribution is 0.167. The third kappa shape index (κ3) is 4.71. The number of hydrogen-bond acceptors (Lipinski definition) is 2. The van der Waals surface area contributed by atoms with Gasteiger partial charge in [-0.2, -0.15) is 0 Å². The van der Waals surface area contributed by atoms with Crippen LogP contribution in [0.25, 0.3) is 0 Å². The van der Waals surface area contributed by atoms with Crippen LogP contribution in [0.2, 0.25) is 0 Å². The van der Waals surface area contributed by atoms with E-state index in [0.29, 0.717) is 18.7 Å². The average Bonchev–Trinajstić information content (AvgIpc) is 2.24. The maximum absolute atomic E-state index is 13.1. The highest BCUT2D eigenvalue weighted by Crippen LogP contribution is 2.13. The van der Waals surface area contributed by atoms with E-state index in [1.807, 2.05) is 0 Å². The molecule has 0 bridgehead atoms. The fourth-order valence-electron chi connectivity index (χ4n) is 1.51. The largest absolute Gasteiger partial charge is 0.393 e. The molecule has 1 unspecified atom stereocenters. The first kappa shape index (κ1) is 14.4. The van der Waals surface area contributed by atoms with Gasteiger partial charge in [-0.1, -0.05) is 0 Å². The number of halogens is 1. The normalized spacial score (nSPS) is 12.1. The van der Waals surface area contributed by atoms with Crippen LogP contribution in [-0.2, 0) is 0 Å². The Kier molecular flexibility index (Phi) is 5.09. The molecule has 5 heteroatoms. The molecule has 0 aliphatic carbocycles. The van der Waals surface area contributed by atoms with Crippen LogP contribution in [0.15, 0.2) is 18.2 Å². The lowest BCUT2D eigenvalue weighted by Gasteiger charge is -2.18. The molecule has 0 aliphatic heterocycles. The van der Waals surface area contributed by atoms with E-state index >= 15 is 0 Å². The Hall–Kier alpha value is -1.62. The standard InChI is InChI=1S/C13H19FN2O2/c1-9-6-11(14)8-12(7-9)15-13(18)16(3)5-4-10(2)17/h6-8,10,17H,4-5H2,1-3H3,(H,15,18). The molecular formula is C13H19FN2O2. The molecule has 1 aromatic carbocycles. The molecule has 2 amide bonds. The van der Waals surface area contributed by atoms with E-state index in [2.05, 4.69) is 5.32 Å². The lowest BCUT2D eigenvalue weighted by atomic mass is 10.2. The summed E-state index contributed by atoms with van der Waals surface area (Å²) < 4.78 is 13.1. The number of hydrogen-bond donors (Lipinski definition) is 2. The third-order valence-electron chi connectivity index (χ3n) is 2.52. The van der Waals surface area contributed by atoms with Crippen LogP contribution in [0.1, 0.15) is 18.9 Å². The van der Waals surface area contributed by atoms with Gasteiger partial charge in [0, 0.05) is 19.3 Å². The summed E-state index contributed by atoms with van der Waals surface area (Å²) in [6.07, 6.45) is 0.0585. The fraction of sp³-hybridized carbons (Fsp3) is 0.462. The molecule has 1 aromatic rings. The molecule has 18 heavy (non-hydrogen) atoms. The zero-order chi connectivity index (χ0) is 13.7. The Morgan fingerprint density at radius 3 is 2.72 bits per heavy atom. The van der Waals surface area contributed by atoms with Gasteiger partial charge in [0.1, 0.15) is 5.82 Å². The van der Waals surface area contributed by atoms with Crippen LogP contribution in [0.5, 0.6) is 0 Å². The minimum atomic E-state index is -0.448. The van der Waals surface area contributed by atoms with Gasteiger partial charge in [-0.3, -0.25) is 0 Å². The van der Waals surface area contributed by atoms with Crippen molar-refractivity contribution in [3.8, 4) is 0 Å². The van der Waals surface area contributed by atoms with Crippen molar-refractivity contribution in [1.29, 1.82) is 0 Å². The highest BCUT2D eigenvalue weighted by atomic mass is 19.1. The number of nitrogens with one attached hydrogen (secondary N) is 1. The number of urea groups is 1. The van der Waals surface area contributed by atoms with Gasteiger partial charge < -0.3 is 15.3 Å². The number of carbonyl (C=O) groups excluding carboxylic acids is 1. The molecule has 0 radical (unpaired) electrons. The summed E-state index contributed by atoms with van der Waals surface area (Å²) in [6, 6.07) is 4.05. The zero-order valence-electron chi connectivity index (χ0n) is 10.9. The average molecular weight is 254 g/mol. The van der Waals surface area contributed by atoms with E-state index in [1.165, 1.54) is 17.0 Å². The molecule has 0 spiro atoms. The molecule has 2 N–H and O–H groups in total. The molecule has 0 aliphatic rings. The van der Waals surface area contributed by atoms with Gasteiger partial charge in [0.2, 0.25) is 0 Å². The number of aryl methyl sites for hydroxylation is 1. The van der Waals surface area contributed by atoms with Gasteiger partial charge in [0.15, 0.2) is 0 Å². The second-order valence-corrected chi connectivity index (χ2v) is 4.51. The second kappa shape index (κ2) is 6.35. The smallest absolute Gasteiger partial charge is 0.321 e. The van der Waals surface area contributed by atoms with Crippen molar-refractivity contribution in [3.63, 3.8) is 0 Å². The Balaban J connectivity index is 2.58. The van der Waals surface area contributed by atoms with Crippen molar-refractivity contribution in [2.75, 3.05) is 18.9 Å². The lowest BCUT2D eigenvalue weighted by Crippen LogP contribution is -2.33. The van der Waals surface area contributed by atoms with Crippen LogP contribution in [-0.4, -0.2) is 35.7 Å². The van der Waals surface area contributed by atoms with Crippen molar-refractivity contribution in [3.05, 3.63) is 29.6 Å². The third-order valence-corrected chi connectivity index (χ3v) is 2.52. The minimum Gasteiger partial charge on any atom is -0.393 e. The molecule has 0 heterocycles. The fourth-order valence-corrected chi connectivity index (χ4v) is 1.51. The Morgan fingerprint density at radius 2 is 2.17 bits per heavy atom. The highest BCUT2D eigenvalue weighted by Gasteiger charge is 2.10. The first-order valence-corrected chi connectivity index (χ1v) is 5.86. The monoisotopic (exact) mass is 254 g/mol.